The minimum atomic E-state index is -0.0894. The van der Waals surface area contributed by atoms with Crippen molar-refractivity contribution < 1.29 is 4.74 Å². The van der Waals surface area contributed by atoms with E-state index in [1.165, 1.54) is 0 Å². The van der Waals surface area contributed by atoms with E-state index >= 15 is 0 Å². The Morgan fingerprint density at radius 1 is 1.26 bits per heavy atom. The summed E-state index contributed by atoms with van der Waals surface area (Å²) in [6.07, 6.45) is 0. The molecule has 1 aromatic carbocycles. The zero-order valence-electron chi connectivity index (χ0n) is 11.3. The Bertz CT molecular complexity index is 548. The average Bonchev–Trinajstić information content (AvgIpc) is 2.80. The van der Waals surface area contributed by atoms with Gasteiger partial charge >= 0.3 is 0 Å². The molecule has 0 atom stereocenters. The van der Waals surface area contributed by atoms with Crippen LogP contribution in [0.3, 0.4) is 0 Å². The van der Waals surface area contributed by atoms with Crippen molar-refractivity contribution in [1.29, 1.82) is 0 Å². The summed E-state index contributed by atoms with van der Waals surface area (Å²) in [6.45, 7) is 7.28. The van der Waals surface area contributed by atoms with Crippen molar-refractivity contribution in [2.45, 2.75) is 32.7 Å². The SMILES string of the molecule is CC(C)(C)c1nnnn1CCOc1ccccc1Cl. The van der Waals surface area contributed by atoms with Gasteiger partial charge in [0.05, 0.1) is 11.6 Å². The smallest absolute Gasteiger partial charge is 0.156 e. The van der Waals surface area contributed by atoms with E-state index in [2.05, 4.69) is 36.3 Å². The van der Waals surface area contributed by atoms with Crippen LogP contribution in [0.15, 0.2) is 24.3 Å². The standard InChI is InChI=1S/C13H17ClN4O/c1-13(2,3)12-15-16-17-18(12)8-9-19-11-7-5-4-6-10(11)14/h4-7H,8-9H2,1-3H3. The van der Waals surface area contributed by atoms with Crippen molar-refractivity contribution in [2.75, 3.05) is 6.61 Å². The van der Waals surface area contributed by atoms with Crippen LogP contribution in [-0.2, 0) is 12.0 Å². The van der Waals surface area contributed by atoms with Crippen LogP contribution in [0, 0.1) is 0 Å². The molecule has 0 saturated carbocycles. The van der Waals surface area contributed by atoms with Crippen LogP contribution < -0.4 is 4.74 Å². The third kappa shape index (κ3) is 3.44. The van der Waals surface area contributed by atoms with Crippen molar-refractivity contribution >= 4 is 11.6 Å². The quantitative estimate of drug-likeness (QED) is 0.864. The Hall–Kier alpha value is -1.62. The molecule has 1 aromatic heterocycles. The fourth-order valence-corrected chi connectivity index (χ4v) is 1.89. The molecular weight excluding hydrogens is 264 g/mol. The topological polar surface area (TPSA) is 52.8 Å². The van der Waals surface area contributed by atoms with E-state index in [1.54, 1.807) is 10.7 Å². The highest BCUT2D eigenvalue weighted by Gasteiger charge is 2.21. The Morgan fingerprint density at radius 3 is 2.68 bits per heavy atom. The molecule has 0 aliphatic rings. The molecule has 2 aromatic rings. The summed E-state index contributed by atoms with van der Waals surface area (Å²) in [5, 5.41) is 12.3. The largest absolute Gasteiger partial charge is 0.490 e. The van der Waals surface area contributed by atoms with Gasteiger partial charge in [-0.3, -0.25) is 0 Å². The van der Waals surface area contributed by atoms with Crippen molar-refractivity contribution in [3.05, 3.63) is 35.1 Å². The fraction of sp³-hybridized carbons (Fsp3) is 0.462. The lowest BCUT2D eigenvalue weighted by atomic mass is 9.96. The van der Waals surface area contributed by atoms with Crippen LogP contribution in [-0.4, -0.2) is 26.8 Å². The number of benzene rings is 1. The van der Waals surface area contributed by atoms with Gasteiger partial charge in [0.15, 0.2) is 5.82 Å². The molecule has 1 heterocycles. The summed E-state index contributed by atoms with van der Waals surface area (Å²) in [4.78, 5) is 0. The minimum Gasteiger partial charge on any atom is -0.490 e. The van der Waals surface area contributed by atoms with E-state index in [4.69, 9.17) is 16.3 Å². The highest BCUT2D eigenvalue weighted by atomic mass is 35.5. The maximum atomic E-state index is 6.02. The third-order valence-electron chi connectivity index (χ3n) is 2.60. The van der Waals surface area contributed by atoms with E-state index in [0.29, 0.717) is 23.9 Å². The molecule has 0 radical (unpaired) electrons. The second-order valence-corrected chi connectivity index (χ2v) is 5.66. The van der Waals surface area contributed by atoms with Gasteiger partial charge in [0, 0.05) is 5.41 Å². The molecule has 6 heteroatoms. The van der Waals surface area contributed by atoms with Crippen molar-refractivity contribution in [2.24, 2.45) is 0 Å². The Balaban J connectivity index is 1.97. The van der Waals surface area contributed by atoms with Gasteiger partial charge in [0.1, 0.15) is 12.4 Å². The van der Waals surface area contributed by atoms with Gasteiger partial charge in [-0.25, -0.2) is 4.68 Å². The molecule has 0 unspecified atom stereocenters. The lowest BCUT2D eigenvalue weighted by Crippen LogP contribution is -2.22. The Morgan fingerprint density at radius 2 is 2.00 bits per heavy atom. The number of para-hydroxylation sites is 1. The summed E-state index contributed by atoms with van der Waals surface area (Å²) in [5.74, 6) is 1.52. The maximum absolute atomic E-state index is 6.02. The summed E-state index contributed by atoms with van der Waals surface area (Å²) >= 11 is 6.02. The highest BCUT2D eigenvalue weighted by Crippen LogP contribution is 2.23. The summed E-state index contributed by atoms with van der Waals surface area (Å²) < 4.78 is 7.39. The zero-order chi connectivity index (χ0) is 13.9. The van der Waals surface area contributed by atoms with E-state index < -0.39 is 0 Å². The number of aromatic nitrogens is 4. The monoisotopic (exact) mass is 280 g/mol. The average molecular weight is 281 g/mol. The summed E-state index contributed by atoms with van der Waals surface area (Å²) in [5.41, 5.74) is -0.0894. The predicted molar refractivity (Wildman–Crippen MR) is 73.5 cm³/mol. The number of halogens is 1. The number of nitrogens with zero attached hydrogens (tertiary/aromatic N) is 4. The van der Waals surface area contributed by atoms with E-state index in [1.807, 2.05) is 18.2 Å². The molecule has 0 amide bonds. The van der Waals surface area contributed by atoms with Crippen LogP contribution in [0.2, 0.25) is 5.02 Å². The van der Waals surface area contributed by atoms with Crippen LogP contribution >= 0.6 is 11.6 Å². The summed E-state index contributed by atoms with van der Waals surface area (Å²) in [6, 6.07) is 7.40. The molecule has 102 valence electrons. The lowest BCUT2D eigenvalue weighted by molar-refractivity contribution is 0.283. The first-order chi connectivity index (χ1) is 8.98. The molecule has 0 saturated heterocycles. The predicted octanol–water partition coefficient (Wildman–Crippen LogP) is 2.70. The van der Waals surface area contributed by atoms with Crippen LogP contribution in [0.5, 0.6) is 5.75 Å². The number of hydrogen-bond donors (Lipinski definition) is 0. The van der Waals surface area contributed by atoms with E-state index in [0.717, 1.165) is 5.82 Å². The second-order valence-electron chi connectivity index (χ2n) is 5.25. The Kier molecular flexibility index (Phi) is 4.04. The maximum Gasteiger partial charge on any atom is 0.156 e. The van der Waals surface area contributed by atoms with Gasteiger partial charge in [-0.2, -0.15) is 0 Å². The molecular formula is C13H17ClN4O. The second kappa shape index (κ2) is 5.57. The fourth-order valence-electron chi connectivity index (χ4n) is 1.70. The normalized spacial score (nSPS) is 11.6. The number of ether oxygens (including phenoxy) is 1. The summed E-state index contributed by atoms with van der Waals surface area (Å²) in [7, 11) is 0. The van der Waals surface area contributed by atoms with Gasteiger partial charge in [-0.05, 0) is 22.6 Å². The molecule has 5 nitrogen and oxygen atoms in total. The first kappa shape index (κ1) is 13.8. The number of hydrogen-bond acceptors (Lipinski definition) is 4. The highest BCUT2D eigenvalue weighted by molar-refractivity contribution is 6.32. The van der Waals surface area contributed by atoms with Crippen molar-refractivity contribution in [3.8, 4) is 5.75 Å². The molecule has 0 aliphatic heterocycles. The van der Waals surface area contributed by atoms with Gasteiger partial charge in [0.2, 0.25) is 0 Å². The molecule has 0 fully saturated rings. The lowest BCUT2D eigenvalue weighted by Gasteiger charge is -2.17. The number of tetrazole rings is 1. The van der Waals surface area contributed by atoms with Crippen LogP contribution in [0.1, 0.15) is 26.6 Å². The van der Waals surface area contributed by atoms with E-state index in [-0.39, 0.29) is 5.41 Å². The minimum absolute atomic E-state index is 0.0894. The van der Waals surface area contributed by atoms with Crippen molar-refractivity contribution in [3.63, 3.8) is 0 Å². The first-order valence-corrected chi connectivity index (χ1v) is 6.50. The first-order valence-electron chi connectivity index (χ1n) is 6.12. The molecule has 0 spiro atoms. The van der Waals surface area contributed by atoms with E-state index in [9.17, 15) is 0 Å². The number of rotatable bonds is 4. The van der Waals surface area contributed by atoms with Crippen molar-refractivity contribution in [1.82, 2.24) is 20.2 Å². The van der Waals surface area contributed by atoms with Gasteiger partial charge < -0.3 is 4.74 Å². The van der Waals surface area contributed by atoms with Crippen LogP contribution in [0.25, 0.3) is 0 Å². The molecule has 0 N–H and O–H groups in total. The third-order valence-corrected chi connectivity index (χ3v) is 2.91. The molecule has 19 heavy (non-hydrogen) atoms. The molecule has 2 rings (SSSR count). The molecule has 0 bridgehead atoms. The van der Waals surface area contributed by atoms with Crippen LogP contribution in [0.4, 0.5) is 0 Å². The van der Waals surface area contributed by atoms with Gasteiger partial charge in [-0.15, -0.1) is 5.10 Å². The Labute approximate surface area is 117 Å². The zero-order valence-corrected chi connectivity index (χ0v) is 12.1. The molecule has 0 aliphatic carbocycles. The van der Waals surface area contributed by atoms with Gasteiger partial charge in [-0.1, -0.05) is 44.5 Å². The van der Waals surface area contributed by atoms with Gasteiger partial charge in [0.25, 0.3) is 0 Å².